The van der Waals surface area contributed by atoms with E-state index in [1.165, 1.54) is 26.4 Å². The zero-order valence-corrected chi connectivity index (χ0v) is 13.5. The van der Waals surface area contributed by atoms with Crippen LogP contribution in [0.1, 0.15) is 32.5 Å². The van der Waals surface area contributed by atoms with E-state index < -0.39 is 17.9 Å². The van der Waals surface area contributed by atoms with Crippen LogP contribution in [0, 0.1) is 0 Å². The number of nitrogens with one attached hydrogen (secondary N) is 1. The molecule has 0 radical (unpaired) electrons. The number of anilines is 1. The minimum atomic E-state index is -1.45. The topological polar surface area (TPSA) is 82.8 Å². The van der Waals surface area contributed by atoms with E-state index in [2.05, 4.69) is 5.32 Å². The van der Waals surface area contributed by atoms with Gasteiger partial charge in [0.1, 0.15) is 11.8 Å². The minimum absolute atomic E-state index is 0.200. The average Bonchev–Trinajstić information content (AvgIpc) is 2.43. The quantitative estimate of drug-likeness (QED) is 0.873. The molecule has 1 rings (SSSR count). The first-order chi connectivity index (χ1) is 10.2. The van der Waals surface area contributed by atoms with Crippen molar-refractivity contribution in [2.45, 2.75) is 32.5 Å². The van der Waals surface area contributed by atoms with Crippen LogP contribution in [0.2, 0.25) is 0 Å². The molecule has 0 bridgehead atoms. The number of halogens is 1. The van der Waals surface area contributed by atoms with E-state index in [-0.39, 0.29) is 17.8 Å². The van der Waals surface area contributed by atoms with E-state index >= 15 is 0 Å². The fraction of sp³-hybridized carbons (Fsp3) is 0.533. The van der Waals surface area contributed by atoms with Crippen LogP contribution in [0.3, 0.4) is 0 Å². The molecule has 0 saturated heterocycles. The van der Waals surface area contributed by atoms with Crippen molar-refractivity contribution in [3.8, 4) is 11.5 Å². The summed E-state index contributed by atoms with van der Waals surface area (Å²) in [5.41, 5.74) is 5.14. The van der Waals surface area contributed by atoms with Gasteiger partial charge in [-0.2, -0.15) is 0 Å². The zero-order chi connectivity index (χ0) is 16.9. The summed E-state index contributed by atoms with van der Waals surface area (Å²) in [4.78, 5) is 11.9. The van der Waals surface area contributed by atoms with Gasteiger partial charge in [0.2, 0.25) is 0 Å². The van der Waals surface area contributed by atoms with Gasteiger partial charge in [-0.1, -0.05) is 0 Å². The molecule has 1 aromatic carbocycles. The Morgan fingerprint density at radius 3 is 2.27 bits per heavy atom. The molecule has 3 N–H and O–H groups in total. The third kappa shape index (κ3) is 4.77. The van der Waals surface area contributed by atoms with Crippen LogP contribution < -0.4 is 20.5 Å². The van der Waals surface area contributed by atoms with E-state index in [1.807, 2.05) is 0 Å². The van der Waals surface area contributed by atoms with Crippen molar-refractivity contribution >= 4 is 11.8 Å². The molecule has 0 aromatic heterocycles. The standard InChI is InChI=1S/C15H23FN2O4/c1-15(2,3)22-14(19)18-11-7-13(21-5)12(20-4)6-9(11)10(16)8-17/h6-7,10H,8,17H2,1-5H3,(H,18,19). The van der Waals surface area contributed by atoms with Crippen LogP contribution in [0.15, 0.2) is 12.1 Å². The van der Waals surface area contributed by atoms with Crippen molar-refractivity contribution < 1.29 is 23.4 Å². The second-order valence-corrected chi connectivity index (χ2v) is 5.62. The van der Waals surface area contributed by atoms with Gasteiger partial charge in [0.05, 0.1) is 19.9 Å². The highest BCUT2D eigenvalue weighted by molar-refractivity contribution is 5.87. The molecule has 0 aliphatic heterocycles. The van der Waals surface area contributed by atoms with E-state index in [9.17, 15) is 9.18 Å². The first-order valence-electron chi connectivity index (χ1n) is 6.82. The molecule has 1 atom stereocenters. The molecule has 0 spiro atoms. The lowest BCUT2D eigenvalue weighted by Gasteiger charge is -2.21. The summed E-state index contributed by atoms with van der Waals surface area (Å²) in [5.74, 6) is 0.713. The summed E-state index contributed by atoms with van der Waals surface area (Å²) in [6.45, 7) is 4.98. The van der Waals surface area contributed by atoms with Gasteiger partial charge in [-0.3, -0.25) is 5.32 Å². The van der Waals surface area contributed by atoms with Crippen molar-refractivity contribution in [3.63, 3.8) is 0 Å². The van der Waals surface area contributed by atoms with Crippen molar-refractivity contribution in [1.82, 2.24) is 0 Å². The summed E-state index contributed by atoms with van der Waals surface area (Å²) >= 11 is 0. The van der Waals surface area contributed by atoms with Gasteiger partial charge >= 0.3 is 6.09 Å². The lowest BCUT2D eigenvalue weighted by Crippen LogP contribution is -2.27. The number of alkyl halides is 1. The zero-order valence-electron chi connectivity index (χ0n) is 13.5. The molecular formula is C15H23FN2O4. The van der Waals surface area contributed by atoms with Crippen LogP contribution in [-0.2, 0) is 4.74 Å². The number of carbonyl (C=O) groups excluding carboxylic acids is 1. The minimum Gasteiger partial charge on any atom is -0.493 e. The Morgan fingerprint density at radius 1 is 1.27 bits per heavy atom. The third-order valence-electron chi connectivity index (χ3n) is 2.74. The number of amides is 1. The maximum Gasteiger partial charge on any atom is 0.412 e. The molecule has 0 saturated carbocycles. The van der Waals surface area contributed by atoms with E-state index in [0.717, 1.165) is 0 Å². The van der Waals surface area contributed by atoms with Crippen LogP contribution in [0.25, 0.3) is 0 Å². The van der Waals surface area contributed by atoms with Crippen molar-refractivity contribution in [2.75, 3.05) is 26.1 Å². The molecule has 0 aliphatic rings. The maximum atomic E-state index is 14.1. The first-order valence-corrected chi connectivity index (χ1v) is 6.82. The Morgan fingerprint density at radius 2 is 1.82 bits per heavy atom. The first kappa shape index (κ1) is 18.0. The predicted octanol–water partition coefficient (Wildman–Crippen LogP) is 3.02. The number of methoxy groups -OCH3 is 2. The highest BCUT2D eigenvalue weighted by atomic mass is 19.1. The highest BCUT2D eigenvalue weighted by Gasteiger charge is 2.22. The molecule has 1 amide bonds. The molecule has 124 valence electrons. The van der Waals surface area contributed by atoms with Gasteiger partial charge < -0.3 is 19.9 Å². The molecule has 1 unspecified atom stereocenters. The normalized spacial score (nSPS) is 12.5. The van der Waals surface area contributed by atoms with E-state index in [0.29, 0.717) is 11.5 Å². The summed E-state index contributed by atoms with van der Waals surface area (Å²) in [7, 11) is 2.89. The SMILES string of the molecule is COc1cc(NC(=O)OC(C)(C)C)c(C(F)CN)cc1OC. The Kier molecular flexibility index (Phi) is 5.99. The van der Waals surface area contributed by atoms with Crippen LogP contribution in [-0.4, -0.2) is 32.5 Å². The molecule has 0 aliphatic carbocycles. The molecule has 6 nitrogen and oxygen atoms in total. The summed E-state index contributed by atoms with van der Waals surface area (Å²) in [6, 6.07) is 2.92. The van der Waals surface area contributed by atoms with Crippen LogP contribution in [0.4, 0.5) is 14.9 Å². The number of rotatable bonds is 5. The largest absolute Gasteiger partial charge is 0.493 e. The van der Waals surface area contributed by atoms with Gasteiger partial charge in [0.15, 0.2) is 11.5 Å². The highest BCUT2D eigenvalue weighted by Crippen LogP contribution is 2.37. The van der Waals surface area contributed by atoms with Crippen molar-refractivity contribution in [1.29, 1.82) is 0 Å². The number of nitrogens with two attached hydrogens (primary N) is 1. The van der Waals surface area contributed by atoms with Crippen molar-refractivity contribution in [2.24, 2.45) is 5.73 Å². The van der Waals surface area contributed by atoms with Gasteiger partial charge in [-0.25, -0.2) is 9.18 Å². The molecule has 0 fully saturated rings. The monoisotopic (exact) mass is 314 g/mol. The Hall–Kier alpha value is -2.02. The van der Waals surface area contributed by atoms with Crippen LogP contribution >= 0.6 is 0 Å². The summed E-state index contributed by atoms with van der Waals surface area (Å²) < 4.78 is 29.5. The van der Waals surface area contributed by atoms with Gasteiger partial charge in [-0.15, -0.1) is 0 Å². The number of hydrogen-bond donors (Lipinski definition) is 2. The predicted molar refractivity (Wildman–Crippen MR) is 82.3 cm³/mol. The summed E-state index contributed by atoms with van der Waals surface area (Å²) in [6.07, 6.45) is -2.14. The second kappa shape index (κ2) is 7.31. The summed E-state index contributed by atoms with van der Waals surface area (Å²) in [5, 5.41) is 2.52. The molecule has 22 heavy (non-hydrogen) atoms. The number of carbonyl (C=O) groups is 1. The molecule has 7 heteroatoms. The van der Waals surface area contributed by atoms with Crippen LogP contribution in [0.5, 0.6) is 11.5 Å². The number of ether oxygens (including phenoxy) is 3. The lowest BCUT2D eigenvalue weighted by molar-refractivity contribution is 0.0635. The fourth-order valence-electron chi connectivity index (χ4n) is 1.80. The van der Waals surface area contributed by atoms with Gasteiger partial charge in [0, 0.05) is 18.2 Å². The van der Waals surface area contributed by atoms with E-state index in [1.54, 1.807) is 20.8 Å². The lowest BCUT2D eigenvalue weighted by atomic mass is 10.1. The Balaban J connectivity index is 3.17. The smallest absolute Gasteiger partial charge is 0.412 e. The van der Waals surface area contributed by atoms with Gasteiger partial charge in [0.25, 0.3) is 0 Å². The Labute approximate surface area is 129 Å². The molecular weight excluding hydrogens is 291 g/mol. The fourth-order valence-corrected chi connectivity index (χ4v) is 1.80. The van der Waals surface area contributed by atoms with E-state index in [4.69, 9.17) is 19.9 Å². The second-order valence-electron chi connectivity index (χ2n) is 5.62. The molecule has 1 aromatic rings. The maximum absolute atomic E-state index is 14.1. The average molecular weight is 314 g/mol. The third-order valence-corrected chi connectivity index (χ3v) is 2.74. The number of hydrogen-bond acceptors (Lipinski definition) is 5. The Bertz CT molecular complexity index is 529. The van der Waals surface area contributed by atoms with Gasteiger partial charge in [-0.05, 0) is 26.8 Å². The molecule has 0 heterocycles. The van der Waals surface area contributed by atoms with Crippen molar-refractivity contribution in [3.05, 3.63) is 17.7 Å². The number of benzene rings is 1.